The van der Waals surface area contributed by atoms with E-state index < -0.39 is 11.1 Å². The van der Waals surface area contributed by atoms with E-state index in [1.807, 2.05) is 12.1 Å². The standard InChI is InChI=1S/C24H21Cl3N2O4S/c25-17-6-4-15(5-7-17)14-33-22-18(26)10-16(11-19(22)27)12-20-23(31)29(24(32)34-20)13-21(30)28-8-2-1-3-9-28/h4-7,10-12H,1-3,8-9,13-14H2/b20-12-. The molecule has 3 amide bonds. The van der Waals surface area contributed by atoms with E-state index in [1.165, 1.54) is 6.08 Å². The van der Waals surface area contributed by atoms with Crippen LogP contribution >= 0.6 is 46.6 Å². The molecule has 0 bridgehead atoms. The first kappa shape index (κ1) is 24.9. The highest BCUT2D eigenvalue weighted by molar-refractivity contribution is 8.18. The zero-order valence-corrected chi connectivity index (χ0v) is 21.1. The van der Waals surface area contributed by atoms with Crippen LogP contribution in [-0.4, -0.2) is 46.5 Å². The van der Waals surface area contributed by atoms with Crippen LogP contribution in [-0.2, 0) is 16.2 Å². The maximum Gasteiger partial charge on any atom is 0.294 e. The van der Waals surface area contributed by atoms with Crippen LogP contribution in [0.5, 0.6) is 5.75 Å². The topological polar surface area (TPSA) is 66.9 Å². The van der Waals surface area contributed by atoms with Gasteiger partial charge in [0.15, 0.2) is 5.75 Å². The molecule has 2 aliphatic heterocycles. The molecule has 0 atom stereocenters. The summed E-state index contributed by atoms with van der Waals surface area (Å²) in [6, 6.07) is 10.4. The molecule has 10 heteroatoms. The molecule has 4 rings (SSSR count). The normalized spacial score (nSPS) is 17.6. The van der Waals surface area contributed by atoms with Gasteiger partial charge in [0.2, 0.25) is 5.91 Å². The van der Waals surface area contributed by atoms with Crippen LogP contribution in [0.15, 0.2) is 41.3 Å². The number of halogens is 3. The van der Waals surface area contributed by atoms with Crippen LogP contribution < -0.4 is 4.74 Å². The molecule has 2 heterocycles. The van der Waals surface area contributed by atoms with Gasteiger partial charge in [-0.3, -0.25) is 19.3 Å². The first-order valence-electron chi connectivity index (χ1n) is 10.7. The molecule has 2 aromatic carbocycles. The van der Waals surface area contributed by atoms with Gasteiger partial charge < -0.3 is 9.64 Å². The van der Waals surface area contributed by atoms with Gasteiger partial charge in [-0.1, -0.05) is 46.9 Å². The molecule has 0 unspecified atom stereocenters. The van der Waals surface area contributed by atoms with E-state index in [1.54, 1.807) is 29.2 Å². The van der Waals surface area contributed by atoms with Crippen molar-refractivity contribution in [1.82, 2.24) is 9.80 Å². The van der Waals surface area contributed by atoms with Gasteiger partial charge in [-0.2, -0.15) is 0 Å². The van der Waals surface area contributed by atoms with E-state index in [0.29, 0.717) is 29.4 Å². The average Bonchev–Trinajstić information content (AvgIpc) is 3.07. The second kappa shape index (κ2) is 11.0. The van der Waals surface area contributed by atoms with Crippen LogP contribution in [0.25, 0.3) is 6.08 Å². The van der Waals surface area contributed by atoms with Crippen LogP contribution in [0.4, 0.5) is 4.79 Å². The first-order valence-corrected chi connectivity index (χ1v) is 12.7. The van der Waals surface area contributed by atoms with Crippen molar-refractivity contribution in [2.45, 2.75) is 25.9 Å². The highest BCUT2D eigenvalue weighted by atomic mass is 35.5. The van der Waals surface area contributed by atoms with Crippen molar-refractivity contribution in [3.05, 3.63) is 67.5 Å². The Labute approximate surface area is 216 Å². The highest BCUT2D eigenvalue weighted by Crippen LogP contribution is 2.38. The number of piperidine rings is 1. The second-order valence-corrected chi connectivity index (χ2v) is 10.2. The van der Waals surface area contributed by atoms with E-state index in [4.69, 9.17) is 39.5 Å². The fourth-order valence-corrected chi connectivity index (χ4v) is 5.28. The molecule has 0 N–H and O–H groups in total. The number of likely N-dealkylation sites (tertiary alicyclic amines) is 1. The quantitative estimate of drug-likeness (QED) is 0.405. The molecule has 6 nitrogen and oxygen atoms in total. The fraction of sp³-hybridized carbons (Fsp3) is 0.292. The lowest BCUT2D eigenvalue weighted by Gasteiger charge is -2.27. The molecule has 0 saturated carbocycles. The first-order chi connectivity index (χ1) is 16.3. The highest BCUT2D eigenvalue weighted by Gasteiger charge is 2.37. The van der Waals surface area contributed by atoms with E-state index in [2.05, 4.69) is 0 Å². The van der Waals surface area contributed by atoms with Crippen molar-refractivity contribution < 1.29 is 19.1 Å². The molecule has 34 heavy (non-hydrogen) atoms. The molecule has 0 aliphatic carbocycles. The van der Waals surface area contributed by atoms with Gasteiger partial charge in [-0.05, 0) is 72.5 Å². The van der Waals surface area contributed by atoms with Gasteiger partial charge in [0.05, 0.1) is 15.0 Å². The smallest absolute Gasteiger partial charge is 0.294 e. The Morgan fingerprint density at radius 2 is 1.65 bits per heavy atom. The minimum atomic E-state index is -0.504. The van der Waals surface area contributed by atoms with Crippen molar-refractivity contribution in [3.8, 4) is 5.75 Å². The minimum absolute atomic E-state index is 0.207. The maximum atomic E-state index is 12.8. The summed E-state index contributed by atoms with van der Waals surface area (Å²) < 4.78 is 5.77. The Balaban J connectivity index is 1.44. The lowest BCUT2D eigenvalue weighted by Crippen LogP contribution is -2.44. The lowest BCUT2D eigenvalue weighted by molar-refractivity contribution is -0.136. The van der Waals surface area contributed by atoms with E-state index in [-0.39, 0.29) is 34.0 Å². The monoisotopic (exact) mass is 538 g/mol. The predicted octanol–water partition coefficient (Wildman–Crippen LogP) is 6.27. The summed E-state index contributed by atoms with van der Waals surface area (Å²) in [6.45, 7) is 1.32. The average molecular weight is 540 g/mol. The number of carbonyl (C=O) groups is 3. The SMILES string of the molecule is O=C(CN1C(=O)S/C(=C\c2cc(Cl)c(OCc3ccc(Cl)cc3)c(Cl)c2)C1=O)N1CCCCC1. The Morgan fingerprint density at radius 3 is 2.29 bits per heavy atom. The van der Waals surface area contributed by atoms with Gasteiger partial charge >= 0.3 is 0 Å². The van der Waals surface area contributed by atoms with Gasteiger partial charge in [0.1, 0.15) is 13.2 Å². The minimum Gasteiger partial charge on any atom is -0.486 e. The molecular weight excluding hydrogens is 519 g/mol. The Kier molecular flexibility index (Phi) is 8.09. The number of hydrogen-bond donors (Lipinski definition) is 0. The van der Waals surface area contributed by atoms with Crippen LogP contribution in [0.1, 0.15) is 30.4 Å². The summed E-state index contributed by atoms with van der Waals surface area (Å²) in [7, 11) is 0. The largest absolute Gasteiger partial charge is 0.486 e. The van der Waals surface area contributed by atoms with Gasteiger partial charge in [-0.15, -0.1) is 0 Å². The van der Waals surface area contributed by atoms with Crippen molar-refractivity contribution >= 4 is 69.7 Å². The zero-order chi connectivity index (χ0) is 24.2. The number of imide groups is 1. The number of amides is 3. The third kappa shape index (κ3) is 5.89. The van der Waals surface area contributed by atoms with Crippen molar-refractivity contribution in [1.29, 1.82) is 0 Å². The summed E-state index contributed by atoms with van der Waals surface area (Å²) in [5, 5.41) is 0.700. The lowest BCUT2D eigenvalue weighted by atomic mass is 10.1. The van der Waals surface area contributed by atoms with Crippen molar-refractivity contribution in [3.63, 3.8) is 0 Å². The Bertz CT molecular complexity index is 1120. The molecule has 2 fully saturated rings. The number of nitrogens with zero attached hydrogens (tertiary/aromatic N) is 2. The molecule has 2 aromatic rings. The van der Waals surface area contributed by atoms with Crippen molar-refractivity contribution in [2.24, 2.45) is 0 Å². The van der Waals surface area contributed by atoms with Crippen LogP contribution in [0, 0.1) is 0 Å². The second-order valence-electron chi connectivity index (χ2n) is 7.94. The Morgan fingerprint density at radius 1 is 1.00 bits per heavy atom. The van der Waals surface area contributed by atoms with E-state index in [9.17, 15) is 14.4 Å². The third-order valence-electron chi connectivity index (χ3n) is 5.49. The molecule has 2 aliphatic rings. The molecule has 0 aromatic heterocycles. The summed E-state index contributed by atoms with van der Waals surface area (Å²) in [4.78, 5) is 40.6. The van der Waals surface area contributed by atoms with Gasteiger partial charge in [0.25, 0.3) is 11.1 Å². The summed E-state index contributed by atoms with van der Waals surface area (Å²) in [5.41, 5.74) is 1.44. The zero-order valence-electron chi connectivity index (χ0n) is 18.1. The van der Waals surface area contributed by atoms with E-state index in [0.717, 1.165) is 41.5 Å². The molecular formula is C24H21Cl3N2O4S. The number of hydrogen-bond acceptors (Lipinski definition) is 5. The van der Waals surface area contributed by atoms with Crippen molar-refractivity contribution in [2.75, 3.05) is 19.6 Å². The summed E-state index contributed by atoms with van der Waals surface area (Å²) in [6.07, 6.45) is 4.50. The third-order valence-corrected chi connectivity index (χ3v) is 7.21. The number of rotatable bonds is 6. The number of carbonyl (C=O) groups excluding carboxylic acids is 3. The van der Waals surface area contributed by atoms with Crippen LogP contribution in [0.3, 0.4) is 0 Å². The molecule has 0 spiro atoms. The van der Waals surface area contributed by atoms with Gasteiger partial charge in [0, 0.05) is 18.1 Å². The molecule has 2 saturated heterocycles. The summed E-state index contributed by atoms with van der Waals surface area (Å²) in [5.74, 6) is -0.400. The van der Waals surface area contributed by atoms with Gasteiger partial charge in [-0.25, -0.2) is 0 Å². The summed E-state index contributed by atoms with van der Waals surface area (Å²) >= 11 is 19.4. The fourth-order valence-electron chi connectivity index (χ4n) is 3.70. The number of thioether (sulfide) groups is 1. The van der Waals surface area contributed by atoms with Crippen LogP contribution in [0.2, 0.25) is 15.1 Å². The number of benzene rings is 2. The molecule has 178 valence electrons. The molecule has 0 radical (unpaired) electrons. The maximum absolute atomic E-state index is 12.8. The number of ether oxygens (including phenoxy) is 1. The Hall–Kier alpha value is -2.19. The van der Waals surface area contributed by atoms with E-state index >= 15 is 0 Å². The predicted molar refractivity (Wildman–Crippen MR) is 135 cm³/mol.